The summed E-state index contributed by atoms with van der Waals surface area (Å²) in [6.45, 7) is 6.45. The highest BCUT2D eigenvalue weighted by Crippen LogP contribution is 2.57. The molecule has 1 aromatic heterocycles. The van der Waals surface area contributed by atoms with Crippen LogP contribution in [-0.2, 0) is 0 Å². The van der Waals surface area contributed by atoms with Crippen LogP contribution in [0.2, 0.25) is 0 Å². The van der Waals surface area contributed by atoms with Crippen LogP contribution in [0, 0.1) is 11.3 Å². The Morgan fingerprint density at radius 1 is 1.46 bits per heavy atom. The van der Waals surface area contributed by atoms with Gasteiger partial charge in [-0.1, -0.05) is 26.8 Å². The maximum Gasteiger partial charge on any atom is 0.0629 e. The summed E-state index contributed by atoms with van der Waals surface area (Å²) >= 11 is 1.80. The quantitative estimate of drug-likeness (QED) is 0.732. The van der Waals surface area contributed by atoms with E-state index in [1.54, 1.807) is 11.3 Å². The molecule has 1 nitrogen and oxygen atoms in total. The highest BCUT2D eigenvalue weighted by atomic mass is 32.1. The number of rotatable bonds is 1. The Kier molecular flexibility index (Phi) is 2.00. The summed E-state index contributed by atoms with van der Waals surface area (Å²) in [6.07, 6.45) is -0.139. The molecule has 0 spiro atoms. The van der Waals surface area contributed by atoms with Crippen LogP contribution in [0.4, 0.5) is 0 Å². The predicted octanol–water partition coefficient (Wildman–Crippen LogP) is 2.87. The summed E-state index contributed by atoms with van der Waals surface area (Å²) in [7, 11) is 0. The molecular formula is C11H16OS. The van der Waals surface area contributed by atoms with E-state index in [0.717, 1.165) is 0 Å². The van der Waals surface area contributed by atoms with E-state index in [-0.39, 0.29) is 11.5 Å². The Morgan fingerprint density at radius 2 is 2.15 bits per heavy atom. The Hall–Kier alpha value is -0.340. The lowest BCUT2D eigenvalue weighted by Gasteiger charge is -2.54. The first-order chi connectivity index (χ1) is 6.05. The minimum atomic E-state index is -0.139. The van der Waals surface area contributed by atoms with E-state index in [0.29, 0.717) is 11.8 Å². The largest absolute Gasteiger partial charge is 0.392 e. The molecule has 13 heavy (non-hydrogen) atoms. The smallest absolute Gasteiger partial charge is 0.0629 e. The van der Waals surface area contributed by atoms with Crippen molar-refractivity contribution in [3.8, 4) is 0 Å². The Bertz CT molecular complexity index is 289. The molecule has 1 aliphatic carbocycles. The van der Waals surface area contributed by atoms with Gasteiger partial charge in [-0.15, -0.1) is 11.3 Å². The van der Waals surface area contributed by atoms with E-state index in [1.807, 2.05) is 0 Å². The normalized spacial score (nSPS) is 37.1. The van der Waals surface area contributed by atoms with Gasteiger partial charge in [0.25, 0.3) is 0 Å². The van der Waals surface area contributed by atoms with Gasteiger partial charge in [0.05, 0.1) is 6.10 Å². The fourth-order valence-corrected chi connectivity index (χ4v) is 3.83. The molecule has 72 valence electrons. The first kappa shape index (κ1) is 9.22. The summed E-state index contributed by atoms with van der Waals surface area (Å²) in [5.41, 5.74) is 0.0598. The van der Waals surface area contributed by atoms with E-state index in [4.69, 9.17) is 0 Å². The number of aliphatic hydroxyl groups excluding tert-OH is 1. The second-order valence-electron chi connectivity index (χ2n) is 4.62. The van der Waals surface area contributed by atoms with E-state index >= 15 is 0 Å². The second kappa shape index (κ2) is 2.82. The molecule has 1 N–H and O–H groups in total. The van der Waals surface area contributed by atoms with Crippen LogP contribution in [0.15, 0.2) is 17.5 Å². The van der Waals surface area contributed by atoms with Crippen LogP contribution < -0.4 is 0 Å². The third-order valence-corrected chi connectivity index (χ3v) is 4.39. The molecule has 0 amide bonds. The average molecular weight is 196 g/mol. The maximum atomic E-state index is 9.82. The molecule has 1 heterocycles. The summed E-state index contributed by atoms with van der Waals surface area (Å²) in [6, 6.07) is 4.27. The zero-order valence-corrected chi connectivity index (χ0v) is 9.14. The van der Waals surface area contributed by atoms with E-state index in [9.17, 15) is 5.11 Å². The van der Waals surface area contributed by atoms with Crippen LogP contribution in [-0.4, -0.2) is 11.2 Å². The van der Waals surface area contributed by atoms with Crippen molar-refractivity contribution >= 4 is 11.3 Å². The van der Waals surface area contributed by atoms with Gasteiger partial charge in [-0.3, -0.25) is 0 Å². The van der Waals surface area contributed by atoms with Gasteiger partial charge < -0.3 is 5.11 Å². The minimum Gasteiger partial charge on any atom is -0.392 e. The molecular weight excluding hydrogens is 180 g/mol. The lowest BCUT2D eigenvalue weighted by atomic mass is 9.53. The number of hydrogen-bond donors (Lipinski definition) is 1. The molecule has 1 saturated carbocycles. The zero-order valence-electron chi connectivity index (χ0n) is 8.32. The first-order valence-corrected chi connectivity index (χ1v) is 5.64. The Labute approximate surface area is 83.4 Å². The average Bonchev–Trinajstić information content (AvgIpc) is 2.56. The highest BCUT2D eigenvalue weighted by molar-refractivity contribution is 7.10. The van der Waals surface area contributed by atoms with Crippen molar-refractivity contribution in [1.82, 2.24) is 0 Å². The minimum absolute atomic E-state index is 0.0598. The molecule has 0 aliphatic heterocycles. The van der Waals surface area contributed by atoms with Crippen LogP contribution in [0.3, 0.4) is 0 Å². The summed E-state index contributed by atoms with van der Waals surface area (Å²) in [5, 5.41) is 11.9. The predicted molar refractivity (Wildman–Crippen MR) is 56.0 cm³/mol. The van der Waals surface area contributed by atoms with Crippen molar-refractivity contribution in [2.75, 3.05) is 0 Å². The van der Waals surface area contributed by atoms with E-state index in [1.165, 1.54) is 4.88 Å². The first-order valence-electron chi connectivity index (χ1n) is 4.76. The topological polar surface area (TPSA) is 20.2 Å². The SMILES string of the molecule is CC1C(O)C(C)(C)C1c1cccs1. The van der Waals surface area contributed by atoms with Crippen LogP contribution in [0.1, 0.15) is 31.6 Å². The molecule has 0 radical (unpaired) electrons. The second-order valence-corrected chi connectivity index (χ2v) is 5.60. The lowest BCUT2D eigenvalue weighted by Crippen LogP contribution is -2.54. The third kappa shape index (κ3) is 1.16. The Morgan fingerprint density at radius 3 is 2.62 bits per heavy atom. The van der Waals surface area contributed by atoms with Gasteiger partial charge in [-0.25, -0.2) is 0 Å². The van der Waals surface area contributed by atoms with Crippen molar-refractivity contribution in [3.05, 3.63) is 22.4 Å². The van der Waals surface area contributed by atoms with Crippen molar-refractivity contribution in [1.29, 1.82) is 0 Å². The van der Waals surface area contributed by atoms with E-state index in [2.05, 4.69) is 38.3 Å². The standard InChI is InChI=1S/C11H16OS/c1-7-9(8-5-4-6-13-8)11(2,3)10(7)12/h4-7,9-10,12H,1-3H3. The monoisotopic (exact) mass is 196 g/mol. The molecule has 0 saturated heterocycles. The zero-order chi connectivity index (χ0) is 9.64. The molecule has 3 unspecified atom stereocenters. The van der Waals surface area contributed by atoms with Crippen molar-refractivity contribution in [3.63, 3.8) is 0 Å². The van der Waals surface area contributed by atoms with Crippen molar-refractivity contribution < 1.29 is 5.11 Å². The fraction of sp³-hybridized carbons (Fsp3) is 0.636. The summed E-state index contributed by atoms with van der Waals surface area (Å²) in [4.78, 5) is 1.42. The van der Waals surface area contributed by atoms with Crippen LogP contribution >= 0.6 is 11.3 Å². The molecule has 0 bridgehead atoms. The van der Waals surface area contributed by atoms with E-state index < -0.39 is 0 Å². The van der Waals surface area contributed by atoms with Gasteiger partial charge in [0.2, 0.25) is 0 Å². The molecule has 2 rings (SSSR count). The van der Waals surface area contributed by atoms with Gasteiger partial charge in [0.1, 0.15) is 0 Å². The molecule has 1 aromatic rings. The van der Waals surface area contributed by atoms with Crippen molar-refractivity contribution in [2.24, 2.45) is 11.3 Å². The molecule has 1 fully saturated rings. The lowest BCUT2D eigenvalue weighted by molar-refractivity contribution is -0.114. The maximum absolute atomic E-state index is 9.82. The third-order valence-electron chi connectivity index (χ3n) is 3.44. The van der Waals surface area contributed by atoms with Crippen LogP contribution in [0.25, 0.3) is 0 Å². The summed E-state index contributed by atoms with van der Waals surface area (Å²) in [5.74, 6) is 0.955. The number of aliphatic hydroxyl groups is 1. The number of thiophene rings is 1. The molecule has 0 aromatic carbocycles. The summed E-state index contributed by atoms with van der Waals surface area (Å²) < 4.78 is 0. The van der Waals surface area contributed by atoms with Gasteiger partial charge >= 0.3 is 0 Å². The van der Waals surface area contributed by atoms with Crippen LogP contribution in [0.5, 0.6) is 0 Å². The van der Waals surface area contributed by atoms with Gasteiger partial charge in [-0.05, 0) is 22.8 Å². The van der Waals surface area contributed by atoms with Crippen molar-refractivity contribution in [2.45, 2.75) is 32.8 Å². The van der Waals surface area contributed by atoms with Gasteiger partial charge in [-0.2, -0.15) is 0 Å². The molecule has 2 heteroatoms. The molecule has 3 atom stereocenters. The molecule has 1 aliphatic rings. The fourth-order valence-electron chi connectivity index (χ4n) is 2.70. The van der Waals surface area contributed by atoms with Gasteiger partial charge in [0.15, 0.2) is 0 Å². The van der Waals surface area contributed by atoms with Gasteiger partial charge in [0, 0.05) is 10.8 Å². The Balaban J connectivity index is 2.27. The number of hydrogen-bond acceptors (Lipinski definition) is 2. The highest BCUT2D eigenvalue weighted by Gasteiger charge is 2.54.